The fraction of sp³-hybridized carbons (Fsp3) is 0.571. The second-order valence-corrected chi connectivity index (χ2v) is 4.71. The van der Waals surface area contributed by atoms with E-state index in [9.17, 15) is 0 Å². The number of unbranched alkanes of at least 4 members (excludes halogenated alkanes) is 2. The van der Waals surface area contributed by atoms with E-state index in [-0.39, 0.29) is 0 Å². The van der Waals surface area contributed by atoms with Crippen LogP contribution in [0.4, 0.5) is 0 Å². The third-order valence-electron chi connectivity index (χ3n) is 3.57. The SMILES string of the molecule is CCCCCC1(c2ccccc2)CNC1. The molecule has 1 aliphatic heterocycles. The summed E-state index contributed by atoms with van der Waals surface area (Å²) in [6, 6.07) is 11.0. The van der Waals surface area contributed by atoms with Crippen molar-refractivity contribution in [2.75, 3.05) is 13.1 Å². The number of hydrogen-bond acceptors (Lipinski definition) is 1. The maximum atomic E-state index is 3.43. The van der Waals surface area contributed by atoms with E-state index < -0.39 is 0 Å². The Morgan fingerprint density at radius 3 is 2.40 bits per heavy atom. The molecule has 0 radical (unpaired) electrons. The van der Waals surface area contributed by atoms with Crippen molar-refractivity contribution in [3.05, 3.63) is 35.9 Å². The van der Waals surface area contributed by atoms with Crippen LogP contribution in [-0.4, -0.2) is 13.1 Å². The Hall–Kier alpha value is -0.820. The van der Waals surface area contributed by atoms with Gasteiger partial charge in [-0.2, -0.15) is 0 Å². The van der Waals surface area contributed by atoms with Crippen molar-refractivity contribution in [1.82, 2.24) is 5.32 Å². The minimum Gasteiger partial charge on any atom is -0.315 e. The maximum absolute atomic E-state index is 3.43. The van der Waals surface area contributed by atoms with E-state index in [2.05, 4.69) is 42.6 Å². The summed E-state index contributed by atoms with van der Waals surface area (Å²) in [5, 5.41) is 3.43. The molecule has 0 aliphatic carbocycles. The van der Waals surface area contributed by atoms with Crippen LogP contribution < -0.4 is 5.32 Å². The molecule has 82 valence electrons. The molecule has 1 heterocycles. The summed E-state index contributed by atoms with van der Waals surface area (Å²) in [5.41, 5.74) is 1.98. The summed E-state index contributed by atoms with van der Waals surface area (Å²) in [6.07, 6.45) is 5.40. The van der Waals surface area contributed by atoms with Crippen molar-refractivity contribution >= 4 is 0 Å². The smallest absolute Gasteiger partial charge is 0.0202 e. The van der Waals surface area contributed by atoms with Crippen LogP contribution in [0, 0.1) is 0 Å². The van der Waals surface area contributed by atoms with Gasteiger partial charge in [-0.25, -0.2) is 0 Å². The Morgan fingerprint density at radius 2 is 1.87 bits per heavy atom. The van der Waals surface area contributed by atoms with Gasteiger partial charge in [0.25, 0.3) is 0 Å². The van der Waals surface area contributed by atoms with Gasteiger partial charge in [-0.1, -0.05) is 56.5 Å². The van der Waals surface area contributed by atoms with Crippen LogP contribution >= 0.6 is 0 Å². The Morgan fingerprint density at radius 1 is 1.13 bits per heavy atom. The molecule has 1 aromatic rings. The highest BCUT2D eigenvalue weighted by molar-refractivity contribution is 5.29. The molecule has 1 aliphatic rings. The highest BCUT2D eigenvalue weighted by Crippen LogP contribution is 2.33. The summed E-state index contributed by atoms with van der Waals surface area (Å²) in [6.45, 7) is 4.61. The largest absolute Gasteiger partial charge is 0.315 e. The number of hydrogen-bond donors (Lipinski definition) is 1. The average Bonchev–Trinajstić information content (AvgIpc) is 2.23. The fourth-order valence-electron chi connectivity index (χ4n) is 2.46. The Bertz CT molecular complexity index is 287. The monoisotopic (exact) mass is 203 g/mol. The Labute approximate surface area is 92.9 Å². The summed E-state index contributed by atoms with van der Waals surface area (Å²) in [7, 11) is 0. The van der Waals surface area contributed by atoms with E-state index in [1.54, 1.807) is 0 Å². The molecular formula is C14H21N. The first-order valence-electron chi connectivity index (χ1n) is 6.14. The minimum absolute atomic E-state index is 0.455. The molecular weight excluding hydrogens is 182 g/mol. The van der Waals surface area contributed by atoms with Crippen molar-refractivity contribution < 1.29 is 0 Å². The second-order valence-electron chi connectivity index (χ2n) is 4.71. The molecule has 0 aromatic heterocycles. The van der Waals surface area contributed by atoms with Crippen molar-refractivity contribution in [3.8, 4) is 0 Å². The third-order valence-corrected chi connectivity index (χ3v) is 3.57. The summed E-state index contributed by atoms with van der Waals surface area (Å²) < 4.78 is 0. The zero-order valence-corrected chi connectivity index (χ0v) is 9.63. The minimum atomic E-state index is 0.455. The lowest BCUT2D eigenvalue weighted by atomic mass is 9.71. The van der Waals surface area contributed by atoms with E-state index in [1.165, 1.54) is 44.3 Å². The molecule has 0 saturated carbocycles. The quantitative estimate of drug-likeness (QED) is 0.725. The highest BCUT2D eigenvalue weighted by atomic mass is 15.0. The molecule has 15 heavy (non-hydrogen) atoms. The molecule has 1 heteroatoms. The molecule has 0 amide bonds. The first-order chi connectivity index (χ1) is 7.37. The molecule has 0 spiro atoms. The van der Waals surface area contributed by atoms with Crippen LogP contribution in [0.1, 0.15) is 38.2 Å². The van der Waals surface area contributed by atoms with Crippen molar-refractivity contribution in [3.63, 3.8) is 0 Å². The van der Waals surface area contributed by atoms with Gasteiger partial charge in [0, 0.05) is 18.5 Å². The molecule has 1 saturated heterocycles. The molecule has 1 fully saturated rings. The highest BCUT2D eigenvalue weighted by Gasteiger charge is 2.37. The lowest BCUT2D eigenvalue weighted by Gasteiger charge is -2.43. The molecule has 1 nitrogen and oxygen atoms in total. The Kier molecular flexibility index (Phi) is 3.42. The fourth-order valence-corrected chi connectivity index (χ4v) is 2.46. The van der Waals surface area contributed by atoms with Crippen LogP contribution in [0.15, 0.2) is 30.3 Å². The third kappa shape index (κ3) is 2.23. The van der Waals surface area contributed by atoms with Gasteiger partial charge < -0.3 is 5.32 Å². The second kappa shape index (κ2) is 4.80. The van der Waals surface area contributed by atoms with Crippen molar-refractivity contribution in [2.45, 2.75) is 38.0 Å². The predicted molar refractivity (Wildman–Crippen MR) is 65.1 cm³/mol. The number of benzene rings is 1. The zero-order chi connectivity index (χ0) is 10.6. The van der Waals surface area contributed by atoms with Gasteiger partial charge in [-0.3, -0.25) is 0 Å². The van der Waals surface area contributed by atoms with Crippen LogP contribution in [-0.2, 0) is 5.41 Å². The van der Waals surface area contributed by atoms with E-state index in [0.29, 0.717) is 5.41 Å². The molecule has 2 rings (SSSR count). The van der Waals surface area contributed by atoms with E-state index in [4.69, 9.17) is 0 Å². The standard InChI is InChI=1S/C14H21N/c1-2-3-7-10-14(11-15-12-14)13-8-5-4-6-9-13/h4-6,8-9,15H,2-3,7,10-12H2,1H3. The Balaban J connectivity index is 2.02. The first kappa shape index (κ1) is 10.7. The lowest BCUT2D eigenvalue weighted by Crippen LogP contribution is -2.56. The number of rotatable bonds is 5. The summed E-state index contributed by atoms with van der Waals surface area (Å²) in [5.74, 6) is 0. The zero-order valence-electron chi connectivity index (χ0n) is 9.63. The van der Waals surface area contributed by atoms with Crippen LogP contribution in [0.3, 0.4) is 0 Å². The van der Waals surface area contributed by atoms with Crippen LogP contribution in [0.5, 0.6) is 0 Å². The van der Waals surface area contributed by atoms with Gasteiger partial charge in [-0.05, 0) is 12.0 Å². The molecule has 0 bridgehead atoms. The van der Waals surface area contributed by atoms with Crippen LogP contribution in [0.2, 0.25) is 0 Å². The normalized spacial score (nSPS) is 18.5. The lowest BCUT2D eigenvalue weighted by molar-refractivity contribution is 0.250. The van der Waals surface area contributed by atoms with Gasteiger partial charge in [-0.15, -0.1) is 0 Å². The summed E-state index contributed by atoms with van der Waals surface area (Å²) in [4.78, 5) is 0. The van der Waals surface area contributed by atoms with E-state index >= 15 is 0 Å². The van der Waals surface area contributed by atoms with Crippen molar-refractivity contribution in [1.29, 1.82) is 0 Å². The van der Waals surface area contributed by atoms with Gasteiger partial charge >= 0.3 is 0 Å². The van der Waals surface area contributed by atoms with Gasteiger partial charge in [0.15, 0.2) is 0 Å². The predicted octanol–water partition coefficient (Wildman–Crippen LogP) is 3.11. The van der Waals surface area contributed by atoms with E-state index in [1.807, 2.05) is 0 Å². The molecule has 1 aromatic carbocycles. The van der Waals surface area contributed by atoms with Crippen molar-refractivity contribution in [2.24, 2.45) is 0 Å². The average molecular weight is 203 g/mol. The number of nitrogens with one attached hydrogen (secondary N) is 1. The summed E-state index contributed by atoms with van der Waals surface area (Å²) >= 11 is 0. The molecule has 0 unspecified atom stereocenters. The van der Waals surface area contributed by atoms with Gasteiger partial charge in [0.2, 0.25) is 0 Å². The van der Waals surface area contributed by atoms with Gasteiger partial charge in [0.05, 0.1) is 0 Å². The molecule has 0 atom stereocenters. The molecule has 1 N–H and O–H groups in total. The van der Waals surface area contributed by atoms with Gasteiger partial charge in [0.1, 0.15) is 0 Å². The van der Waals surface area contributed by atoms with Crippen LogP contribution in [0.25, 0.3) is 0 Å². The maximum Gasteiger partial charge on any atom is 0.0202 e. The topological polar surface area (TPSA) is 12.0 Å². The van der Waals surface area contributed by atoms with E-state index in [0.717, 1.165) is 0 Å². The first-order valence-corrected chi connectivity index (χ1v) is 6.14.